The molecule has 1 unspecified atom stereocenters. The molecule has 1 aliphatic rings. The molecular weight excluding hydrogens is 336 g/mol. The number of carbonyl (C=O) groups is 1. The molecule has 0 aliphatic carbocycles. The van der Waals surface area contributed by atoms with E-state index in [0.717, 1.165) is 16.1 Å². The number of anilines is 1. The Labute approximate surface area is 149 Å². The third-order valence-electron chi connectivity index (χ3n) is 3.86. The monoisotopic (exact) mass is 352 g/mol. The molecule has 25 heavy (non-hydrogen) atoms. The Morgan fingerprint density at radius 3 is 2.64 bits per heavy atom. The van der Waals surface area contributed by atoms with Crippen molar-refractivity contribution in [1.29, 1.82) is 0 Å². The highest BCUT2D eigenvalue weighted by molar-refractivity contribution is 7.19. The van der Waals surface area contributed by atoms with E-state index >= 15 is 0 Å². The number of hydrogen-bond acceptors (Lipinski definition) is 5. The molecule has 4 rings (SSSR count). The van der Waals surface area contributed by atoms with Gasteiger partial charge in [-0.3, -0.25) is 10.1 Å². The van der Waals surface area contributed by atoms with E-state index in [4.69, 9.17) is 9.47 Å². The number of amides is 1. The van der Waals surface area contributed by atoms with Crippen LogP contribution < -0.4 is 14.8 Å². The van der Waals surface area contributed by atoms with Crippen molar-refractivity contribution in [3.05, 3.63) is 60.3 Å². The number of benzene rings is 2. The largest absolute Gasteiger partial charge is 0.485 e. The Kier molecular flexibility index (Phi) is 4.11. The van der Waals surface area contributed by atoms with Gasteiger partial charge in [-0.2, -0.15) is 0 Å². The van der Waals surface area contributed by atoms with Crippen LogP contribution >= 0.6 is 11.3 Å². The number of hydrogen-bond donors (Lipinski definition) is 1. The molecule has 0 fully saturated rings. The second-order valence-electron chi connectivity index (χ2n) is 5.65. The van der Waals surface area contributed by atoms with E-state index < -0.39 is 6.10 Å². The first-order valence-electron chi connectivity index (χ1n) is 7.93. The lowest BCUT2D eigenvalue weighted by molar-refractivity contribution is -0.125. The third-order valence-corrected chi connectivity index (χ3v) is 4.99. The molecule has 5 nitrogen and oxygen atoms in total. The third kappa shape index (κ3) is 3.21. The molecule has 0 radical (unpaired) electrons. The van der Waals surface area contributed by atoms with Gasteiger partial charge in [-0.15, -0.1) is 0 Å². The first-order chi connectivity index (χ1) is 12.2. The summed E-state index contributed by atoms with van der Waals surface area (Å²) in [5.74, 6) is 0.972. The summed E-state index contributed by atoms with van der Waals surface area (Å²) in [7, 11) is 0. The molecule has 2 heterocycles. The van der Waals surface area contributed by atoms with Crippen LogP contribution in [0.3, 0.4) is 0 Å². The van der Waals surface area contributed by atoms with Crippen molar-refractivity contribution in [1.82, 2.24) is 4.98 Å². The Balaban J connectivity index is 1.49. The fraction of sp³-hybridized carbons (Fsp3) is 0.158. The predicted octanol–water partition coefficient (Wildman–Crippen LogP) is 3.90. The molecule has 0 spiro atoms. The van der Waals surface area contributed by atoms with Crippen LogP contribution in [0.1, 0.15) is 5.69 Å². The summed E-state index contributed by atoms with van der Waals surface area (Å²) in [5, 5.41) is 3.40. The molecule has 1 amide bonds. The number of aromatic nitrogens is 1. The van der Waals surface area contributed by atoms with Gasteiger partial charge < -0.3 is 9.47 Å². The van der Waals surface area contributed by atoms with Crippen molar-refractivity contribution in [2.75, 3.05) is 11.9 Å². The molecule has 126 valence electrons. The first-order valence-corrected chi connectivity index (χ1v) is 8.74. The van der Waals surface area contributed by atoms with E-state index in [-0.39, 0.29) is 12.5 Å². The van der Waals surface area contributed by atoms with Gasteiger partial charge in [0.25, 0.3) is 5.91 Å². The average Bonchev–Trinajstić information content (AvgIpc) is 3.02. The highest BCUT2D eigenvalue weighted by Gasteiger charge is 2.28. The van der Waals surface area contributed by atoms with Crippen molar-refractivity contribution in [3.8, 4) is 21.9 Å². The SMILES string of the molecule is Cc1nc(NC(=O)C2COc3ccccc3O2)sc1-c1ccccc1. The summed E-state index contributed by atoms with van der Waals surface area (Å²) < 4.78 is 11.3. The lowest BCUT2D eigenvalue weighted by Crippen LogP contribution is -2.40. The minimum atomic E-state index is -0.695. The van der Waals surface area contributed by atoms with Gasteiger partial charge in [0.2, 0.25) is 6.10 Å². The summed E-state index contributed by atoms with van der Waals surface area (Å²) >= 11 is 1.45. The standard InChI is InChI=1S/C19H16N2O3S/c1-12-17(13-7-3-2-4-8-13)25-19(20-12)21-18(22)16-11-23-14-9-5-6-10-15(14)24-16/h2-10,16H,11H2,1H3,(H,20,21,22). The van der Waals surface area contributed by atoms with E-state index in [1.54, 1.807) is 6.07 Å². The second-order valence-corrected chi connectivity index (χ2v) is 6.65. The first kappa shape index (κ1) is 15.7. The van der Waals surface area contributed by atoms with E-state index in [1.165, 1.54) is 11.3 Å². The smallest absolute Gasteiger partial charge is 0.270 e. The van der Waals surface area contributed by atoms with Crippen LogP contribution in [0, 0.1) is 6.92 Å². The predicted molar refractivity (Wildman–Crippen MR) is 97.3 cm³/mol. The van der Waals surface area contributed by atoms with Crippen molar-refractivity contribution in [3.63, 3.8) is 0 Å². The van der Waals surface area contributed by atoms with Crippen LogP contribution in [-0.4, -0.2) is 23.6 Å². The van der Waals surface area contributed by atoms with Crippen LogP contribution in [0.15, 0.2) is 54.6 Å². The molecule has 1 aliphatic heterocycles. The maximum Gasteiger partial charge on any atom is 0.270 e. The number of fused-ring (bicyclic) bond motifs is 1. The Hall–Kier alpha value is -2.86. The van der Waals surface area contributed by atoms with Crippen molar-refractivity contribution >= 4 is 22.4 Å². The lowest BCUT2D eigenvalue weighted by Gasteiger charge is -2.25. The van der Waals surface area contributed by atoms with E-state index in [1.807, 2.05) is 55.5 Å². The summed E-state index contributed by atoms with van der Waals surface area (Å²) in [6, 6.07) is 17.3. The fourth-order valence-electron chi connectivity index (χ4n) is 2.64. The second kappa shape index (κ2) is 6.57. The van der Waals surface area contributed by atoms with Crippen LogP contribution in [0.4, 0.5) is 5.13 Å². The van der Waals surface area contributed by atoms with E-state index in [2.05, 4.69) is 10.3 Å². The number of nitrogens with one attached hydrogen (secondary N) is 1. The van der Waals surface area contributed by atoms with Crippen LogP contribution in [0.5, 0.6) is 11.5 Å². The molecule has 1 N–H and O–H groups in total. The highest BCUT2D eigenvalue weighted by Crippen LogP contribution is 2.34. The molecule has 0 bridgehead atoms. The van der Waals surface area contributed by atoms with Crippen molar-refractivity contribution in [2.24, 2.45) is 0 Å². The number of thiazole rings is 1. The minimum absolute atomic E-state index is 0.179. The molecule has 6 heteroatoms. The normalized spacial score (nSPS) is 15.6. The molecule has 1 aromatic heterocycles. The van der Waals surface area contributed by atoms with Crippen molar-refractivity contribution in [2.45, 2.75) is 13.0 Å². The number of ether oxygens (including phenoxy) is 2. The zero-order valence-electron chi connectivity index (χ0n) is 13.6. The topological polar surface area (TPSA) is 60.5 Å². The zero-order valence-corrected chi connectivity index (χ0v) is 14.4. The van der Waals surface area contributed by atoms with Gasteiger partial charge >= 0.3 is 0 Å². The van der Waals surface area contributed by atoms with Crippen LogP contribution in [-0.2, 0) is 4.79 Å². The average molecular weight is 352 g/mol. The summed E-state index contributed by atoms with van der Waals surface area (Å²) in [6.45, 7) is 2.11. The van der Waals surface area contributed by atoms with Crippen LogP contribution in [0.2, 0.25) is 0 Å². The molecule has 2 aromatic carbocycles. The molecule has 1 atom stereocenters. The number of carbonyl (C=O) groups excluding carboxylic acids is 1. The highest BCUT2D eigenvalue weighted by atomic mass is 32.1. The number of nitrogens with zero attached hydrogens (tertiary/aromatic N) is 1. The molecule has 3 aromatic rings. The maximum atomic E-state index is 12.5. The van der Waals surface area contributed by atoms with Gasteiger partial charge in [-0.05, 0) is 24.6 Å². The van der Waals surface area contributed by atoms with E-state index in [0.29, 0.717) is 16.6 Å². The number of rotatable bonds is 3. The summed E-state index contributed by atoms with van der Waals surface area (Å²) in [4.78, 5) is 18.0. The Morgan fingerprint density at radius 1 is 1.12 bits per heavy atom. The van der Waals surface area contributed by atoms with Gasteiger partial charge in [0, 0.05) is 0 Å². The molecule has 0 saturated heterocycles. The van der Waals surface area contributed by atoms with Crippen molar-refractivity contribution < 1.29 is 14.3 Å². The molecule has 0 saturated carbocycles. The van der Waals surface area contributed by atoms with Gasteiger partial charge in [-0.1, -0.05) is 53.8 Å². The summed E-state index contributed by atoms with van der Waals surface area (Å²) in [6.07, 6.45) is -0.695. The van der Waals surface area contributed by atoms with Gasteiger partial charge in [0.15, 0.2) is 16.6 Å². The Bertz CT molecular complexity index is 908. The maximum absolute atomic E-state index is 12.5. The number of aryl methyl sites for hydroxylation is 1. The molecular formula is C19H16N2O3S. The number of para-hydroxylation sites is 2. The van der Waals surface area contributed by atoms with Gasteiger partial charge in [-0.25, -0.2) is 4.98 Å². The quantitative estimate of drug-likeness (QED) is 0.777. The Morgan fingerprint density at radius 2 is 1.84 bits per heavy atom. The fourth-order valence-corrected chi connectivity index (χ4v) is 3.62. The zero-order chi connectivity index (χ0) is 17.2. The minimum Gasteiger partial charge on any atom is -0.485 e. The summed E-state index contributed by atoms with van der Waals surface area (Å²) in [5.41, 5.74) is 1.97. The lowest BCUT2D eigenvalue weighted by atomic mass is 10.2. The van der Waals surface area contributed by atoms with Gasteiger partial charge in [0.05, 0.1) is 10.6 Å². The van der Waals surface area contributed by atoms with E-state index in [9.17, 15) is 4.79 Å². The van der Waals surface area contributed by atoms with Gasteiger partial charge in [0.1, 0.15) is 6.61 Å². The van der Waals surface area contributed by atoms with Crippen LogP contribution in [0.25, 0.3) is 10.4 Å².